The summed E-state index contributed by atoms with van der Waals surface area (Å²) in [4.78, 5) is 23.3. The summed E-state index contributed by atoms with van der Waals surface area (Å²) in [5.74, 6) is 3.17. The Kier molecular flexibility index (Phi) is 7.72. The number of rotatable bonds is 9. The van der Waals surface area contributed by atoms with E-state index in [1.165, 1.54) is 18.2 Å². The van der Waals surface area contributed by atoms with Gasteiger partial charge in [0.25, 0.3) is 5.69 Å². The van der Waals surface area contributed by atoms with Gasteiger partial charge in [-0.15, -0.1) is 0 Å². The molecule has 0 heterocycles. The molecular formula is C24H23ClN4O4S. The van der Waals surface area contributed by atoms with Crippen LogP contribution in [0.3, 0.4) is 0 Å². The van der Waals surface area contributed by atoms with Gasteiger partial charge in [-0.05, 0) is 40.8 Å². The Labute approximate surface area is 202 Å². The highest BCUT2D eigenvalue weighted by atomic mass is 35.5. The van der Waals surface area contributed by atoms with E-state index in [2.05, 4.69) is 23.1 Å². The molecular weight excluding hydrogens is 476 g/mol. The molecule has 8 nitrogen and oxygen atoms in total. The molecule has 0 spiro atoms. The van der Waals surface area contributed by atoms with Crippen molar-refractivity contribution in [3.05, 3.63) is 94.0 Å². The number of amides is 1. The van der Waals surface area contributed by atoms with Crippen LogP contribution in [-0.2, 0) is 14.5 Å². The summed E-state index contributed by atoms with van der Waals surface area (Å²) in [6.07, 6.45) is 0.0580. The molecule has 10 heteroatoms. The van der Waals surface area contributed by atoms with Gasteiger partial charge < -0.3 is 10.6 Å². The molecule has 0 aliphatic carbocycles. The third kappa shape index (κ3) is 6.22. The number of nitrogens with one attached hydrogen (secondary N) is 2. The highest BCUT2D eigenvalue weighted by molar-refractivity contribution is 7.98. The molecule has 34 heavy (non-hydrogen) atoms. The van der Waals surface area contributed by atoms with E-state index in [-0.39, 0.29) is 29.4 Å². The molecule has 0 saturated heterocycles. The maximum atomic E-state index is 12.3. The fourth-order valence-corrected chi connectivity index (χ4v) is 4.31. The number of nitrogens with two attached hydrogens (primary N) is 1. The molecule has 3 aromatic carbocycles. The Hall–Kier alpha value is -3.66. The van der Waals surface area contributed by atoms with Crippen LogP contribution >= 0.6 is 11.6 Å². The number of nitro groups is 1. The van der Waals surface area contributed by atoms with E-state index in [0.717, 1.165) is 16.7 Å². The maximum Gasteiger partial charge on any atom is 0.292 e. The summed E-state index contributed by atoms with van der Waals surface area (Å²) < 4.78 is 12.3. The van der Waals surface area contributed by atoms with E-state index >= 15 is 0 Å². The van der Waals surface area contributed by atoms with Crippen LogP contribution in [0.4, 0.5) is 11.4 Å². The van der Waals surface area contributed by atoms with Crippen LogP contribution in [0.5, 0.6) is 0 Å². The van der Waals surface area contributed by atoms with Gasteiger partial charge in [-0.3, -0.25) is 20.0 Å². The fourth-order valence-electron chi connectivity index (χ4n) is 3.27. The number of nitrogens with zero attached hydrogens (tertiary/aromatic N) is 1. The zero-order chi connectivity index (χ0) is 24.9. The molecule has 1 amide bonds. The van der Waals surface area contributed by atoms with Gasteiger partial charge in [0.1, 0.15) is 5.69 Å². The van der Waals surface area contributed by atoms with E-state index in [9.17, 15) is 19.1 Å². The third-order valence-corrected chi connectivity index (χ3v) is 6.26. The maximum absolute atomic E-state index is 12.3. The van der Waals surface area contributed by atoms with Crippen LogP contribution in [-0.4, -0.2) is 27.5 Å². The number of hydrogen-bond donors (Lipinski definition) is 3. The third-order valence-electron chi connectivity index (χ3n) is 4.92. The van der Waals surface area contributed by atoms with Crippen molar-refractivity contribution in [2.45, 2.75) is 11.3 Å². The number of carbonyl (C=O) groups is 1. The van der Waals surface area contributed by atoms with E-state index in [1.807, 2.05) is 36.4 Å². The highest BCUT2D eigenvalue weighted by Gasteiger charge is 2.16. The van der Waals surface area contributed by atoms with Gasteiger partial charge in [0.15, 0.2) is 0 Å². The Morgan fingerprint density at radius 3 is 2.44 bits per heavy atom. The van der Waals surface area contributed by atoms with Gasteiger partial charge in [0, 0.05) is 29.8 Å². The number of benzene rings is 3. The van der Waals surface area contributed by atoms with Gasteiger partial charge in [-0.1, -0.05) is 60.6 Å². The molecule has 3 rings (SSSR count). The predicted octanol–water partition coefficient (Wildman–Crippen LogP) is 4.45. The molecule has 0 saturated carbocycles. The zero-order valence-corrected chi connectivity index (χ0v) is 19.7. The van der Waals surface area contributed by atoms with Crippen LogP contribution in [0.25, 0.3) is 16.8 Å². The minimum Gasteiger partial charge on any atom is -0.385 e. The number of nitro benzene ring substituents is 1. The SMILES string of the molecule is C=C(NCCC(=O)Nc1cc(Cl)ccc1[N+](=O)[O-])c1ccc(-c2ccccc2S(=C)(N)=O)cc1. The van der Waals surface area contributed by atoms with E-state index in [1.54, 1.807) is 12.1 Å². The van der Waals surface area contributed by atoms with Crippen molar-refractivity contribution < 1.29 is 13.9 Å². The number of hydrogen-bond acceptors (Lipinski definition) is 5. The largest absolute Gasteiger partial charge is 0.385 e. The molecule has 0 aliphatic rings. The summed E-state index contributed by atoms with van der Waals surface area (Å²) in [7, 11) is -2.87. The Morgan fingerprint density at radius 2 is 1.79 bits per heavy atom. The molecule has 0 radical (unpaired) electrons. The van der Waals surface area contributed by atoms with Crippen molar-refractivity contribution in [2.24, 2.45) is 5.14 Å². The van der Waals surface area contributed by atoms with Crippen LogP contribution in [0, 0.1) is 10.1 Å². The molecule has 1 unspecified atom stereocenters. The highest BCUT2D eigenvalue weighted by Crippen LogP contribution is 2.28. The summed E-state index contributed by atoms with van der Waals surface area (Å²) in [6, 6.07) is 18.5. The van der Waals surface area contributed by atoms with Gasteiger partial charge in [0.2, 0.25) is 5.91 Å². The summed E-state index contributed by atoms with van der Waals surface area (Å²) >= 11 is 5.88. The average Bonchev–Trinajstić information content (AvgIpc) is 2.78. The Balaban J connectivity index is 1.60. The van der Waals surface area contributed by atoms with Crippen molar-refractivity contribution in [1.29, 1.82) is 0 Å². The average molecular weight is 499 g/mol. The molecule has 4 N–H and O–H groups in total. The Morgan fingerprint density at radius 1 is 1.12 bits per heavy atom. The monoisotopic (exact) mass is 498 g/mol. The van der Waals surface area contributed by atoms with Crippen molar-refractivity contribution in [1.82, 2.24) is 5.32 Å². The lowest BCUT2D eigenvalue weighted by molar-refractivity contribution is -0.383. The number of halogens is 1. The molecule has 0 aliphatic heterocycles. The molecule has 1 atom stereocenters. The summed E-state index contributed by atoms with van der Waals surface area (Å²) in [5, 5.41) is 22.7. The van der Waals surface area contributed by atoms with Gasteiger partial charge in [-0.25, -0.2) is 4.21 Å². The van der Waals surface area contributed by atoms with E-state index in [0.29, 0.717) is 10.6 Å². The fraction of sp³-hybridized carbons (Fsp3) is 0.0833. The first-order chi connectivity index (χ1) is 16.1. The minimum absolute atomic E-state index is 0.0425. The first-order valence-corrected chi connectivity index (χ1v) is 12.2. The molecule has 176 valence electrons. The summed E-state index contributed by atoms with van der Waals surface area (Å²) in [6.45, 7) is 4.25. The van der Waals surface area contributed by atoms with Crippen molar-refractivity contribution in [3.63, 3.8) is 0 Å². The molecule has 0 aromatic heterocycles. The quantitative estimate of drug-likeness (QED) is 0.228. The lowest BCUT2D eigenvalue weighted by atomic mass is 10.0. The lowest BCUT2D eigenvalue weighted by Crippen LogP contribution is -2.21. The number of anilines is 1. The molecule has 0 fully saturated rings. The lowest BCUT2D eigenvalue weighted by Gasteiger charge is -2.13. The molecule has 0 bridgehead atoms. The number of carbonyl (C=O) groups excluding carboxylic acids is 1. The van der Waals surface area contributed by atoms with Crippen molar-refractivity contribution >= 4 is 50.2 Å². The van der Waals surface area contributed by atoms with Crippen LogP contribution in [0.15, 0.2) is 78.2 Å². The van der Waals surface area contributed by atoms with Crippen molar-refractivity contribution in [2.75, 3.05) is 11.9 Å². The molecule has 3 aromatic rings. The summed E-state index contributed by atoms with van der Waals surface area (Å²) in [5.41, 5.74) is 2.77. The second kappa shape index (κ2) is 10.5. The van der Waals surface area contributed by atoms with E-state index in [4.69, 9.17) is 16.7 Å². The first kappa shape index (κ1) is 25.0. The van der Waals surface area contributed by atoms with E-state index < -0.39 is 20.5 Å². The Bertz CT molecular complexity index is 1360. The topological polar surface area (TPSA) is 127 Å². The first-order valence-electron chi connectivity index (χ1n) is 10.1. The standard InChI is InChI=1S/C24H23ClN4O4S/c1-16(27-14-13-24(30)28-21-15-19(25)11-12-22(21)29(31)32)17-7-9-18(10-8-17)20-5-3-4-6-23(20)34(2,26)33/h3-12,15,27H,1-2,13-14H2,(H2,26,33)(H,28,30). The smallest absolute Gasteiger partial charge is 0.292 e. The van der Waals surface area contributed by atoms with Gasteiger partial charge >= 0.3 is 0 Å². The normalized spacial score (nSPS) is 12.4. The van der Waals surface area contributed by atoms with Gasteiger partial charge in [-0.2, -0.15) is 0 Å². The second-order valence-electron chi connectivity index (χ2n) is 7.42. The predicted molar refractivity (Wildman–Crippen MR) is 138 cm³/mol. The second-order valence-corrected chi connectivity index (χ2v) is 9.75. The van der Waals surface area contributed by atoms with Crippen LogP contribution < -0.4 is 15.8 Å². The van der Waals surface area contributed by atoms with Gasteiger partial charge in [0.05, 0.1) is 19.5 Å². The van der Waals surface area contributed by atoms with Crippen LogP contribution in [0.2, 0.25) is 5.02 Å². The van der Waals surface area contributed by atoms with Crippen molar-refractivity contribution in [3.8, 4) is 11.1 Å². The minimum atomic E-state index is -2.87. The van der Waals surface area contributed by atoms with Crippen LogP contribution in [0.1, 0.15) is 12.0 Å². The zero-order valence-electron chi connectivity index (χ0n) is 18.1.